The summed E-state index contributed by atoms with van der Waals surface area (Å²) in [4.78, 5) is -0.101. The van der Waals surface area contributed by atoms with Crippen LogP contribution in [0.2, 0.25) is 0 Å². The fourth-order valence-corrected chi connectivity index (χ4v) is 4.58. The van der Waals surface area contributed by atoms with Crippen LogP contribution in [0.15, 0.2) is 53.4 Å². The van der Waals surface area contributed by atoms with Gasteiger partial charge in [0.2, 0.25) is 10.0 Å². The van der Waals surface area contributed by atoms with Gasteiger partial charge in [0, 0.05) is 13.1 Å². The Balaban J connectivity index is 1.66. The minimum atomic E-state index is -3.83. The Labute approximate surface area is 157 Å². The molecule has 2 aromatic carbocycles. The van der Waals surface area contributed by atoms with E-state index < -0.39 is 21.4 Å². The van der Waals surface area contributed by atoms with Crippen molar-refractivity contribution in [1.29, 1.82) is 0 Å². The van der Waals surface area contributed by atoms with Gasteiger partial charge in [-0.3, -0.25) is 0 Å². The third-order valence-electron chi connectivity index (χ3n) is 4.63. The summed E-state index contributed by atoms with van der Waals surface area (Å²) in [6.45, 7) is 0.312. The highest BCUT2D eigenvalue weighted by atomic mass is 32.2. The van der Waals surface area contributed by atoms with Crippen LogP contribution in [0.25, 0.3) is 0 Å². The molecule has 146 valence electrons. The van der Waals surface area contributed by atoms with E-state index in [0.29, 0.717) is 18.6 Å². The number of sulfonamides is 1. The van der Waals surface area contributed by atoms with Crippen molar-refractivity contribution in [3.05, 3.63) is 60.2 Å². The maximum atomic E-state index is 13.4. The summed E-state index contributed by atoms with van der Waals surface area (Å²) in [5.41, 5.74) is -1.19. The zero-order valence-electron chi connectivity index (χ0n) is 14.6. The normalized spacial score (nSPS) is 21.6. The van der Waals surface area contributed by atoms with Gasteiger partial charge in [-0.1, -0.05) is 6.07 Å². The SMILES string of the molecule is O=S(=O)(c1cccc(F)c1)N1CCCC(O)(COc2ccc(F)cc2)CC1. The largest absolute Gasteiger partial charge is 0.491 e. The lowest BCUT2D eigenvalue weighted by molar-refractivity contribution is -0.0156. The fourth-order valence-electron chi connectivity index (χ4n) is 3.06. The van der Waals surface area contributed by atoms with Gasteiger partial charge in [-0.05, 0) is 61.7 Å². The van der Waals surface area contributed by atoms with Crippen molar-refractivity contribution in [3.8, 4) is 5.75 Å². The van der Waals surface area contributed by atoms with Gasteiger partial charge in [-0.25, -0.2) is 17.2 Å². The molecule has 8 heteroatoms. The summed E-state index contributed by atoms with van der Waals surface area (Å²) in [5, 5.41) is 10.8. The first kappa shape index (κ1) is 19.7. The number of nitrogens with zero attached hydrogens (tertiary/aromatic N) is 1. The zero-order valence-corrected chi connectivity index (χ0v) is 15.5. The molecule has 0 amide bonds. The highest BCUT2D eigenvalue weighted by molar-refractivity contribution is 7.89. The molecule has 1 unspecified atom stereocenters. The summed E-state index contributed by atoms with van der Waals surface area (Å²) in [6, 6.07) is 10.4. The zero-order chi connectivity index (χ0) is 19.5. The monoisotopic (exact) mass is 397 g/mol. The number of ether oxygens (including phenoxy) is 1. The average Bonchev–Trinajstić information content (AvgIpc) is 2.84. The van der Waals surface area contributed by atoms with Crippen molar-refractivity contribution in [1.82, 2.24) is 4.31 Å². The average molecular weight is 397 g/mol. The molecule has 1 aliphatic heterocycles. The Morgan fingerprint density at radius 2 is 1.78 bits per heavy atom. The van der Waals surface area contributed by atoms with Gasteiger partial charge < -0.3 is 9.84 Å². The highest BCUT2D eigenvalue weighted by Gasteiger charge is 2.35. The van der Waals surface area contributed by atoms with Crippen molar-refractivity contribution in [3.63, 3.8) is 0 Å². The summed E-state index contributed by atoms with van der Waals surface area (Å²) >= 11 is 0. The van der Waals surface area contributed by atoms with Crippen molar-refractivity contribution < 1.29 is 27.0 Å². The molecule has 27 heavy (non-hydrogen) atoms. The van der Waals surface area contributed by atoms with Gasteiger partial charge in [0.25, 0.3) is 0 Å². The number of hydrogen-bond acceptors (Lipinski definition) is 4. The van der Waals surface area contributed by atoms with Crippen LogP contribution in [0.3, 0.4) is 0 Å². The van der Waals surface area contributed by atoms with Crippen LogP contribution >= 0.6 is 0 Å². The molecule has 1 fully saturated rings. The fraction of sp³-hybridized carbons (Fsp3) is 0.368. The molecular formula is C19H21F2NO4S. The molecule has 1 aliphatic rings. The predicted octanol–water partition coefficient (Wildman–Crippen LogP) is 2.95. The topological polar surface area (TPSA) is 66.8 Å². The Morgan fingerprint density at radius 3 is 2.48 bits per heavy atom. The van der Waals surface area contributed by atoms with Crippen LogP contribution in [0.5, 0.6) is 5.75 Å². The second-order valence-electron chi connectivity index (χ2n) is 6.68. The molecule has 2 aromatic rings. The molecule has 3 rings (SSSR count). The summed E-state index contributed by atoms with van der Waals surface area (Å²) in [6.07, 6.45) is 0.990. The maximum absolute atomic E-state index is 13.4. The number of aliphatic hydroxyl groups is 1. The number of halogens is 2. The minimum absolute atomic E-state index is 0.0213. The predicted molar refractivity (Wildman–Crippen MR) is 95.9 cm³/mol. The van der Waals surface area contributed by atoms with Crippen molar-refractivity contribution in [2.45, 2.75) is 29.8 Å². The Hall–Kier alpha value is -2.03. The third-order valence-corrected chi connectivity index (χ3v) is 6.53. The van der Waals surface area contributed by atoms with Crippen molar-refractivity contribution in [2.24, 2.45) is 0 Å². The summed E-state index contributed by atoms with van der Waals surface area (Å²) in [5.74, 6) is -0.567. The van der Waals surface area contributed by atoms with Crippen LogP contribution < -0.4 is 4.74 Å². The number of benzene rings is 2. The molecule has 0 bridgehead atoms. The van der Waals surface area contributed by atoms with Crippen LogP contribution in [0.1, 0.15) is 19.3 Å². The van der Waals surface area contributed by atoms with Crippen LogP contribution in [0.4, 0.5) is 8.78 Å². The summed E-state index contributed by atoms with van der Waals surface area (Å²) in [7, 11) is -3.83. The van der Waals surface area contributed by atoms with Gasteiger partial charge in [0.15, 0.2) is 0 Å². The quantitative estimate of drug-likeness (QED) is 0.843. The molecule has 0 spiro atoms. The molecule has 1 atom stereocenters. The van der Waals surface area contributed by atoms with E-state index in [-0.39, 0.29) is 36.8 Å². The van der Waals surface area contributed by atoms with E-state index >= 15 is 0 Å². The van der Waals surface area contributed by atoms with E-state index in [1.165, 1.54) is 46.8 Å². The van der Waals surface area contributed by atoms with Crippen molar-refractivity contribution in [2.75, 3.05) is 19.7 Å². The van der Waals surface area contributed by atoms with E-state index in [1.807, 2.05) is 0 Å². The Bertz CT molecular complexity index is 889. The maximum Gasteiger partial charge on any atom is 0.243 e. The lowest BCUT2D eigenvalue weighted by atomic mass is 9.96. The first-order valence-electron chi connectivity index (χ1n) is 8.65. The summed E-state index contributed by atoms with van der Waals surface area (Å²) < 4.78 is 58.6. The smallest absolute Gasteiger partial charge is 0.243 e. The molecule has 0 aromatic heterocycles. The van der Waals surface area contributed by atoms with Gasteiger partial charge in [-0.15, -0.1) is 0 Å². The van der Waals surface area contributed by atoms with Gasteiger partial charge >= 0.3 is 0 Å². The highest BCUT2D eigenvalue weighted by Crippen LogP contribution is 2.27. The van der Waals surface area contributed by atoms with E-state index in [0.717, 1.165) is 6.07 Å². The molecule has 0 aliphatic carbocycles. The van der Waals surface area contributed by atoms with E-state index in [4.69, 9.17) is 4.74 Å². The first-order chi connectivity index (χ1) is 12.8. The molecule has 1 N–H and O–H groups in total. The van der Waals surface area contributed by atoms with Crippen LogP contribution in [-0.4, -0.2) is 43.1 Å². The number of hydrogen-bond donors (Lipinski definition) is 1. The van der Waals surface area contributed by atoms with E-state index in [1.54, 1.807) is 0 Å². The standard InChI is InChI=1S/C19H21F2NO4S/c20-15-5-7-17(8-6-15)26-14-19(23)9-2-11-22(12-10-19)27(24,25)18-4-1-3-16(21)13-18/h1,3-8,13,23H,2,9-12,14H2. The third kappa shape index (κ3) is 4.82. The second-order valence-corrected chi connectivity index (χ2v) is 8.62. The van der Waals surface area contributed by atoms with Crippen LogP contribution in [-0.2, 0) is 10.0 Å². The second kappa shape index (κ2) is 7.92. The van der Waals surface area contributed by atoms with Gasteiger partial charge in [-0.2, -0.15) is 4.31 Å². The lowest BCUT2D eigenvalue weighted by Gasteiger charge is -2.27. The van der Waals surface area contributed by atoms with E-state index in [9.17, 15) is 22.3 Å². The first-order valence-corrected chi connectivity index (χ1v) is 10.1. The minimum Gasteiger partial charge on any atom is -0.491 e. The number of rotatable bonds is 5. The van der Waals surface area contributed by atoms with Crippen LogP contribution in [0, 0.1) is 11.6 Å². The van der Waals surface area contributed by atoms with Gasteiger partial charge in [0.05, 0.1) is 10.5 Å². The lowest BCUT2D eigenvalue weighted by Crippen LogP contribution is -2.38. The molecule has 0 saturated carbocycles. The Morgan fingerprint density at radius 1 is 1.04 bits per heavy atom. The molecule has 1 heterocycles. The van der Waals surface area contributed by atoms with Gasteiger partial charge in [0.1, 0.15) is 24.0 Å². The molecular weight excluding hydrogens is 376 g/mol. The van der Waals surface area contributed by atoms with E-state index in [2.05, 4.69) is 0 Å². The Kier molecular flexibility index (Phi) is 5.78. The molecule has 1 saturated heterocycles. The van der Waals surface area contributed by atoms with Crippen molar-refractivity contribution >= 4 is 10.0 Å². The molecule has 0 radical (unpaired) electrons. The molecule has 5 nitrogen and oxygen atoms in total.